The Bertz CT molecular complexity index is 955. The number of amides is 2. The summed E-state index contributed by atoms with van der Waals surface area (Å²) < 4.78 is 44.6. The summed E-state index contributed by atoms with van der Waals surface area (Å²) in [6, 6.07) is 7.57. The second kappa shape index (κ2) is 8.37. The van der Waals surface area contributed by atoms with Crippen LogP contribution in [-0.2, 0) is 24.7 Å². The Kier molecular flexibility index (Phi) is 6.04. The van der Waals surface area contributed by atoms with Gasteiger partial charge in [-0.2, -0.15) is 18.3 Å². The van der Waals surface area contributed by atoms with Gasteiger partial charge in [-0.15, -0.1) is 0 Å². The van der Waals surface area contributed by atoms with Gasteiger partial charge < -0.3 is 15.4 Å². The number of halogens is 3. The highest BCUT2D eigenvalue weighted by Crippen LogP contribution is 2.37. The number of anilines is 1. The molecule has 0 saturated carbocycles. The van der Waals surface area contributed by atoms with Crippen molar-refractivity contribution in [3.05, 3.63) is 41.2 Å². The monoisotopic (exact) mass is 424 g/mol. The summed E-state index contributed by atoms with van der Waals surface area (Å²) in [6.45, 7) is 0.472. The van der Waals surface area contributed by atoms with Crippen molar-refractivity contribution in [2.45, 2.75) is 31.9 Å². The largest absolute Gasteiger partial charge is 0.491 e. The van der Waals surface area contributed by atoms with Crippen LogP contribution in [0.4, 0.5) is 18.9 Å². The van der Waals surface area contributed by atoms with E-state index >= 15 is 0 Å². The molecule has 1 aliphatic carbocycles. The number of benzene rings is 1. The van der Waals surface area contributed by atoms with Crippen LogP contribution in [0.15, 0.2) is 24.3 Å². The van der Waals surface area contributed by atoms with Crippen molar-refractivity contribution >= 4 is 17.5 Å². The number of nitrogens with two attached hydrogens (primary N) is 1. The summed E-state index contributed by atoms with van der Waals surface area (Å²) in [5, 5.41) is 4.04. The van der Waals surface area contributed by atoms with Crippen LogP contribution in [0.5, 0.6) is 5.75 Å². The van der Waals surface area contributed by atoms with Crippen LogP contribution in [0, 0.1) is 5.92 Å². The molecule has 162 valence electrons. The smallest absolute Gasteiger partial charge is 0.392 e. The Morgan fingerprint density at radius 3 is 2.60 bits per heavy atom. The fourth-order valence-electron chi connectivity index (χ4n) is 3.69. The molecule has 2 aliphatic rings. The van der Waals surface area contributed by atoms with Gasteiger partial charge in [0.05, 0.1) is 30.3 Å². The standard InChI is InChI=1S/C10H12F3N3O.C10H11NO2/c1-16-8(9(14)17)6-4-5(10(11,12)13)2-3-7(6)15-16;1-11-8-4-2-3-5-9(8)13-7-6-10(11)12/h5H,2-4H2,1H3,(H2,14,17);2-5H,6-7H2,1H3. The highest BCUT2D eigenvalue weighted by Gasteiger charge is 2.43. The van der Waals surface area contributed by atoms with E-state index in [1.165, 1.54) is 11.7 Å². The average molecular weight is 424 g/mol. The number of ether oxygens (including phenoxy) is 1. The first kappa shape index (κ1) is 21.7. The number of nitrogens with zero attached hydrogens (tertiary/aromatic N) is 3. The van der Waals surface area contributed by atoms with Gasteiger partial charge in [-0.3, -0.25) is 14.3 Å². The number of aromatic nitrogens is 2. The lowest BCUT2D eigenvalue weighted by atomic mass is 9.86. The molecule has 1 atom stereocenters. The number of alkyl halides is 3. The van der Waals surface area contributed by atoms with E-state index in [0.29, 0.717) is 24.3 Å². The lowest BCUT2D eigenvalue weighted by Crippen LogP contribution is -2.29. The number of rotatable bonds is 1. The van der Waals surface area contributed by atoms with Gasteiger partial charge in [-0.25, -0.2) is 0 Å². The topological polar surface area (TPSA) is 90.4 Å². The molecule has 0 radical (unpaired) electrons. The van der Waals surface area contributed by atoms with E-state index in [1.807, 2.05) is 24.3 Å². The number of aryl methyl sites for hydroxylation is 2. The Balaban J connectivity index is 0.000000177. The van der Waals surface area contributed by atoms with Gasteiger partial charge in [0.15, 0.2) is 0 Å². The fraction of sp³-hybridized carbons (Fsp3) is 0.450. The van der Waals surface area contributed by atoms with Gasteiger partial charge in [-0.05, 0) is 31.4 Å². The van der Waals surface area contributed by atoms with E-state index in [9.17, 15) is 22.8 Å². The third kappa shape index (κ3) is 4.42. The number of primary amides is 1. The third-order valence-corrected chi connectivity index (χ3v) is 5.28. The molecule has 10 heteroatoms. The maximum atomic E-state index is 12.6. The zero-order valence-electron chi connectivity index (χ0n) is 16.7. The zero-order chi connectivity index (χ0) is 22.1. The summed E-state index contributed by atoms with van der Waals surface area (Å²) in [5.41, 5.74) is 7.01. The van der Waals surface area contributed by atoms with E-state index in [-0.39, 0.29) is 30.9 Å². The van der Waals surface area contributed by atoms with Crippen LogP contribution in [0.3, 0.4) is 0 Å². The second-order valence-electron chi connectivity index (χ2n) is 7.26. The van der Waals surface area contributed by atoms with Gasteiger partial charge in [0.1, 0.15) is 11.4 Å². The van der Waals surface area contributed by atoms with Crippen LogP contribution < -0.4 is 15.4 Å². The summed E-state index contributed by atoms with van der Waals surface area (Å²) in [5.74, 6) is -1.25. The lowest BCUT2D eigenvalue weighted by Gasteiger charge is -2.24. The molecule has 1 unspecified atom stereocenters. The minimum absolute atomic E-state index is 0.0196. The summed E-state index contributed by atoms with van der Waals surface area (Å²) in [4.78, 5) is 24.3. The minimum atomic E-state index is -4.23. The predicted molar refractivity (Wildman–Crippen MR) is 103 cm³/mol. The zero-order valence-corrected chi connectivity index (χ0v) is 16.7. The number of carbonyl (C=O) groups excluding carboxylic acids is 2. The molecule has 0 bridgehead atoms. The maximum Gasteiger partial charge on any atom is 0.392 e. The van der Waals surface area contributed by atoms with Gasteiger partial charge in [0.2, 0.25) is 5.91 Å². The number of para-hydroxylation sites is 2. The molecular weight excluding hydrogens is 401 g/mol. The predicted octanol–water partition coefficient (Wildman–Crippen LogP) is 2.62. The highest BCUT2D eigenvalue weighted by molar-refractivity contribution is 5.95. The number of carbonyl (C=O) groups is 2. The molecule has 0 spiro atoms. The first-order valence-electron chi connectivity index (χ1n) is 9.49. The number of fused-ring (bicyclic) bond motifs is 2. The lowest BCUT2D eigenvalue weighted by molar-refractivity contribution is -0.177. The van der Waals surface area contributed by atoms with Gasteiger partial charge in [0, 0.05) is 19.7 Å². The van der Waals surface area contributed by atoms with Crippen LogP contribution in [0.25, 0.3) is 0 Å². The molecule has 7 nitrogen and oxygen atoms in total. The van der Waals surface area contributed by atoms with Gasteiger partial charge >= 0.3 is 6.18 Å². The molecule has 2 N–H and O–H groups in total. The molecule has 1 aliphatic heterocycles. The summed E-state index contributed by atoms with van der Waals surface area (Å²) in [7, 11) is 3.29. The van der Waals surface area contributed by atoms with Crippen molar-refractivity contribution in [3.63, 3.8) is 0 Å². The number of hydrogen-bond acceptors (Lipinski definition) is 4. The minimum Gasteiger partial charge on any atom is -0.491 e. The fourth-order valence-corrected chi connectivity index (χ4v) is 3.69. The molecule has 1 aromatic carbocycles. The van der Waals surface area contributed by atoms with E-state index < -0.39 is 18.0 Å². The Labute approximate surface area is 171 Å². The molecule has 4 rings (SSSR count). The third-order valence-electron chi connectivity index (χ3n) is 5.28. The van der Waals surface area contributed by atoms with Crippen molar-refractivity contribution < 1.29 is 27.5 Å². The van der Waals surface area contributed by atoms with Gasteiger partial charge in [-0.1, -0.05) is 12.1 Å². The molecule has 0 saturated heterocycles. The molecule has 30 heavy (non-hydrogen) atoms. The molecule has 2 heterocycles. The number of hydrogen-bond donors (Lipinski definition) is 1. The molecule has 0 fully saturated rings. The van der Waals surface area contributed by atoms with Gasteiger partial charge in [0.25, 0.3) is 5.91 Å². The van der Waals surface area contributed by atoms with Crippen molar-refractivity contribution in [1.29, 1.82) is 0 Å². The molecule has 1 aromatic heterocycles. The SMILES string of the molecule is CN1C(=O)CCOc2ccccc21.Cn1nc2c(c1C(N)=O)CC(C(F)(F)F)CC2. The Hall–Kier alpha value is -3.04. The van der Waals surface area contributed by atoms with Crippen LogP contribution >= 0.6 is 0 Å². The second-order valence-corrected chi connectivity index (χ2v) is 7.26. The van der Waals surface area contributed by atoms with Crippen LogP contribution in [0.1, 0.15) is 34.6 Å². The summed E-state index contributed by atoms with van der Waals surface area (Å²) in [6.07, 6.45) is -3.73. The summed E-state index contributed by atoms with van der Waals surface area (Å²) >= 11 is 0. The van der Waals surface area contributed by atoms with Crippen molar-refractivity contribution in [2.24, 2.45) is 18.7 Å². The van der Waals surface area contributed by atoms with Crippen molar-refractivity contribution in [3.8, 4) is 5.75 Å². The van der Waals surface area contributed by atoms with E-state index in [0.717, 1.165) is 11.4 Å². The quantitative estimate of drug-likeness (QED) is 0.762. The first-order chi connectivity index (χ1) is 14.1. The molecular formula is C20H23F3N4O3. The normalized spacial score (nSPS) is 18.4. The average Bonchev–Trinajstić information content (AvgIpc) is 2.95. The van der Waals surface area contributed by atoms with Crippen molar-refractivity contribution in [2.75, 3.05) is 18.6 Å². The van der Waals surface area contributed by atoms with Crippen LogP contribution in [-0.4, -0.2) is 41.4 Å². The Morgan fingerprint density at radius 1 is 1.23 bits per heavy atom. The van der Waals surface area contributed by atoms with E-state index in [2.05, 4.69) is 5.10 Å². The maximum absolute atomic E-state index is 12.6. The van der Waals surface area contributed by atoms with Crippen molar-refractivity contribution in [1.82, 2.24) is 9.78 Å². The first-order valence-corrected chi connectivity index (χ1v) is 9.49. The van der Waals surface area contributed by atoms with E-state index in [4.69, 9.17) is 10.5 Å². The molecule has 2 amide bonds. The molecule has 2 aromatic rings. The highest BCUT2D eigenvalue weighted by atomic mass is 19.4. The van der Waals surface area contributed by atoms with Crippen LogP contribution in [0.2, 0.25) is 0 Å². The Morgan fingerprint density at radius 2 is 1.93 bits per heavy atom. The van der Waals surface area contributed by atoms with E-state index in [1.54, 1.807) is 11.9 Å².